The molecule has 0 saturated carbocycles. The van der Waals surface area contributed by atoms with Crippen LogP contribution in [0.25, 0.3) is 0 Å². The molecule has 1 aliphatic rings. The third-order valence-electron chi connectivity index (χ3n) is 3.52. The van der Waals surface area contributed by atoms with E-state index in [0.29, 0.717) is 6.42 Å². The first kappa shape index (κ1) is 16.3. The molecule has 1 heterocycles. The van der Waals surface area contributed by atoms with E-state index in [2.05, 4.69) is 5.32 Å². The minimum absolute atomic E-state index is 0.0973. The Morgan fingerprint density at radius 3 is 2.82 bits per heavy atom. The summed E-state index contributed by atoms with van der Waals surface area (Å²) in [6, 6.07) is 9.50. The van der Waals surface area contributed by atoms with Crippen molar-refractivity contribution in [1.29, 1.82) is 0 Å². The van der Waals surface area contributed by atoms with Crippen LogP contribution in [0.4, 0.5) is 4.79 Å². The highest BCUT2D eigenvalue weighted by Gasteiger charge is 2.35. The fraction of sp³-hybridized carbons (Fsp3) is 0.500. The van der Waals surface area contributed by atoms with Gasteiger partial charge < -0.3 is 19.9 Å². The zero-order valence-corrected chi connectivity index (χ0v) is 12.5. The number of alkyl carbamates (subject to hydrolysis) is 1. The van der Waals surface area contributed by atoms with Crippen molar-refractivity contribution < 1.29 is 24.2 Å². The van der Waals surface area contributed by atoms with E-state index in [4.69, 9.17) is 9.47 Å². The highest BCUT2D eigenvalue weighted by atomic mass is 16.6. The molecule has 1 aromatic carbocycles. The van der Waals surface area contributed by atoms with Crippen LogP contribution >= 0.6 is 0 Å². The Bertz CT molecular complexity index is 505. The molecule has 2 rings (SSSR count). The van der Waals surface area contributed by atoms with Crippen LogP contribution in [0.1, 0.15) is 25.3 Å². The van der Waals surface area contributed by atoms with Gasteiger partial charge in [0, 0.05) is 6.42 Å². The molecule has 120 valence electrons. The van der Waals surface area contributed by atoms with Gasteiger partial charge in [0.15, 0.2) is 0 Å². The van der Waals surface area contributed by atoms with Crippen LogP contribution < -0.4 is 5.32 Å². The lowest BCUT2D eigenvalue weighted by Gasteiger charge is -2.19. The Morgan fingerprint density at radius 2 is 2.14 bits per heavy atom. The van der Waals surface area contributed by atoms with Crippen molar-refractivity contribution in [2.45, 2.75) is 44.4 Å². The van der Waals surface area contributed by atoms with Gasteiger partial charge >= 0.3 is 12.1 Å². The summed E-state index contributed by atoms with van der Waals surface area (Å²) < 4.78 is 9.99. The summed E-state index contributed by atoms with van der Waals surface area (Å²) in [6.45, 7) is 1.99. The van der Waals surface area contributed by atoms with Crippen LogP contribution in [-0.4, -0.2) is 42.0 Å². The van der Waals surface area contributed by atoms with Gasteiger partial charge in [0.25, 0.3) is 0 Å². The van der Waals surface area contributed by atoms with Crippen LogP contribution in [0, 0.1) is 0 Å². The normalized spacial score (nSPS) is 21.8. The van der Waals surface area contributed by atoms with Crippen molar-refractivity contribution in [2.24, 2.45) is 0 Å². The first-order valence-electron chi connectivity index (χ1n) is 7.43. The number of benzene rings is 1. The molecule has 1 unspecified atom stereocenters. The molecular formula is C16H21NO5. The predicted octanol–water partition coefficient (Wildman–Crippen LogP) is 1.41. The molecule has 1 fully saturated rings. The number of ether oxygens (including phenoxy) is 2. The molecule has 0 bridgehead atoms. The second-order valence-electron chi connectivity index (χ2n) is 5.28. The second kappa shape index (κ2) is 7.79. The van der Waals surface area contributed by atoms with Gasteiger partial charge in [-0.15, -0.1) is 0 Å². The zero-order valence-electron chi connectivity index (χ0n) is 12.5. The molecule has 1 saturated heterocycles. The molecule has 0 spiro atoms. The molecule has 0 radical (unpaired) electrons. The average Bonchev–Trinajstić information content (AvgIpc) is 2.79. The predicted molar refractivity (Wildman–Crippen MR) is 79.2 cm³/mol. The highest BCUT2D eigenvalue weighted by Crippen LogP contribution is 2.19. The van der Waals surface area contributed by atoms with Gasteiger partial charge in [0.05, 0.1) is 25.2 Å². The largest absolute Gasteiger partial charge is 0.466 e. The van der Waals surface area contributed by atoms with E-state index in [1.807, 2.05) is 30.3 Å². The summed E-state index contributed by atoms with van der Waals surface area (Å²) in [6.07, 6.45) is -1.13. The molecule has 1 amide bonds. The van der Waals surface area contributed by atoms with Crippen molar-refractivity contribution in [3.63, 3.8) is 0 Å². The quantitative estimate of drug-likeness (QED) is 0.744. The van der Waals surface area contributed by atoms with E-state index in [1.165, 1.54) is 0 Å². The Labute approximate surface area is 129 Å². The fourth-order valence-electron chi connectivity index (χ4n) is 2.52. The number of hydrogen-bond acceptors (Lipinski definition) is 5. The van der Waals surface area contributed by atoms with E-state index in [0.717, 1.165) is 5.56 Å². The lowest BCUT2D eigenvalue weighted by molar-refractivity contribution is -0.145. The van der Waals surface area contributed by atoms with Crippen LogP contribution in [0.5, 0.6) is 0 Å². The number of rotatable bonds is 7. The smallest absolute Gasteiger partial charge is 0.407 e. The number of nitrogens with one attached hydrogen (secondary N) is 1. The number of aliphatic hydroxyl groups is 1. The second-order valence-corrected chi connectivity index (χ2v) is 5.28. The maximum atomic E-state index is 11.5. The Kier molecular flexibility index (Phi) is 5.77. The number of aliphatic hydroxyl groups excluding tert-OH is 1. The van der Waals surface area contributed by atoms with Crippen molar-refractivity contribution in [1.82, 2.24) is 5.32 Å². The summed E-state index contributed by atoms with van der Waals surface area (Å²) >= 11 is 0. The Morgan fingerprint density at radius 1 is 1.41 bits per heavy atom. The summed E-state index contributed by atoms with van der Waals surface area (Å²) in [4.78, 5) is 22.8. The van der Waals surface area contributed by atoms with E-state index >= 15 is 0 Å². The standard InChI is InChI=1S/C16H21NO5/c1-2-21-15(19)10-12(18)9-14-13(17-16(20)22-14)8-11-6-4-3-5-7-11/h3-7,12-14,18H,2,8-10H2,1H3,(H,17,20)/t12?,13-,14-/m0/s1. The molecule has 0 aromatic heterocycles. The topological polar surface area (TPSA) is 84.9 Å². The first-order valence-corrected chi connectivity index (χ1v) is 7.43. The molecule has 2 N–H and O–H groups in total. The lowest BCUT2D eigenvalue weighted by Crippen LogP contribution is -2.36. The molecule has 1 aliphatic heterocycles. The molecule has 1 aromatic rings. The molecule has 6 heteroatoms. The molecule has 0 aliphatic carbocycles. The van der Waals surface area contributed by atoms with E-state index in [9.17, 15) is 14.7 Å². The Hall–Kier alpha value is -2.08. The van der Waals surface area contributed by atoms with Crippen molar-refractivity contribution in [2.75, 3.05) is 6.61 Å². The number of amides is 1. The van der Waals surface area contributed by atoms with Gasteiger partial charge in [0.2, 0.25) is 0 Å². The Balaban J connectivity index is 1.90. The van der Waals surface area contributed by atoms with Crippen LogP contribution in [0.15, 0.2) is 30.3 Å². The lowest BCUT2D eigenvalue weighted by atomic mass is 9.97. The van der Waals surface area contributed by atoms with E-state index < -0.39 is 24.3 Å². The van der Waals surface area contributed by atoms with Crippen molar-refractivity contribution >= 4 is 12.1 Å². The third kappa shape index (κ3) is 4.73. The molecule has 6 nitrogen and oxygen atoms in total. The minimum Gasteiger partial charge on any atom is -0.466 e. The average molecular weight is 307 g/mol. The third-order valence-corrected chi connectivity index (χ3v) is 3.52. The highest BCUT2D eigenvalue weighted by molar-refractivity contribution is 5.71. The number of cyclic esters (lactones) is 1. The van der Waals surface area contributed by atoms with Gasteiger partial charge in [-0.05, 0) is 18.9 Å². The SMILES string of the molecule is CCOC(=O)CC(O)C[C@@H]1OC(=O)N[C@H]1Cc1ccccc1. The molecule has 22 heavy (non-hydrogen) atoms. The maximum absolute atomic E-state index is 11.5. The maximum Gasteiger partial charge on any atom is 0.407 e. The number of hydrogen-bond donors (Lipinski definition) is 2. The summed E-state index contributed by atoms with van der Waals surface area (Å²) in [7, 11) is 0. The number of carbonyl (C=O) groups excluding carboxylic acids is 2. The van der Waals surface area contributed by atoms with Crippen LogP contribution in [0.2, 0.25) is 0 Å². The first-order chi connectivity index (χ1) is 10.6. The van der Waals surface area contributed by atoms with Gasteiger partial charge in [-0.25, -0.2) is 4.79 Å². The van der Waals surface area contributed by atoms with Gasteiger partial charge in [-0.3, -0.25) is 4.79 Å². The van der Waals surface area contributed by atoms with Crippen molar-refractivity contribution in [3.05, 3.63) is 35.9 Å². The number of carbonyl (C=O) groups is 2. The minimum atomic E-state index is -0.893. The van der Waals surface area contributed by atoms with Crippen molar-refractivity contribution in [3.8, 4) is 0 Å². The van der Waals surface area contributed by atoms with Crippen LogP contribution in [-0.2, 0) is 20.7 Å². The monoisotopic (exact) mass is 307 g/mol. The zero-order chi connectivity index (χ0) is 15.9. The molecule has 3 atom stereocenters. The molecular weight excluding hydrogens is 286 g/mol. The van der Waals surface area contributed by atoms with Crippen LogP contribution in [0.3, 0.4) is 0 Å². The van der Waals surface area contributed by atoms with Gasteiger partial charge in [-0.1, -0.05) is 30.3 Å². The summed E-state index contributed by atoms with van der Waals surface area (Å²) in [5.41, 5.74) is 1.07. The fourth-order valence-corrected chi connectivity index (χ4v) is 2.52. The summed E-state index contributed by atoms with van der Waals surface area (Å²) in [5, 5.41) is 12.7. The number of esters is 1. The van der Waals surface area contributed by atoms with E-state index in [1.54, 1.807) is 6.92 Å². The van der Waals surface area contributed by atoms with E-state index in [-0.39, 0.29) is 25.5 Å². The summed E-state index contributed by atoms with van der Waals surface area (Å²) in [5.74, 6) is -0.452. The van der Waals surface area contributed by atoms with Gasteiger partial charge in [0.1, 0.15) is 6.10 Å². The van der Waals surface area contributed by atoms with Gasteiger partial charge in [-0.2, -0.15) is 0 Å².